The third-order valence-corrected chi connectivity index (χ3v) is 4.19. The standard InChI is InChI=1S/C14H19N3S/c1-5-12(15-4)14-17-16-13(18-14)11-8-9(2)6-7-10(11)3/h6-8,12,15H,5H2,1-4H3. The van der Waals surface area contributed by atoms with Crippen molar-refractivity contribution in [3.63, 3.8) is 0 Å². The van der Waals surface area contributed by atoms with E-state index in [1.807, 2.05) is 7.05 Å². The third-order valence-electron chi connectivity index (χ3n) is 3.12. The van der Waals surface area contributed by atoms with Gasteiger partial charge in [0, 0.05) is 5.56 Å². The lowest BCUT2D eigenvalue weighted by molar-refractivity contribution is 0.568. The smallest absolute Gasteiger partial charge is 0.148 e. The van der Waals surface area contributed by atoms with Gasteiger partial charge in [0.1, 0.15) is 10.0 Å². The molecule has 1 unspecified atom stereocenters. The maximum Gasteiger partial charge on any atom is 0.148 e. The van der Waals surface area contributed by atoms with Gasteiger partial charge in [0.25, 0.3) is 0 Å². The van der Waals surface area contributed by atoms with Gasteiger partial charge in [0.2, 0.25) is 0 Å². The first-order chi connectivity index (χ1) is 8.65. The van der Waals surface area contributed by atoms with Gasteiger partial charge in [0.05, 0.1) is 6.04 Å². The Labute approximate surface area is 112 Å². The molecule has 2 aromatic rings. The molecule has 96 valence electrons. The molecule has 2 rings (SSSR count). The highest BCUT2D eigenvalue weighted by atomic mass is 32.1. The Bertz CT molecular complexity index is 530. The van der Waals surface area contributed by atoms with Gasteiger partial charge in [-0.3, -0.25) is 0 Å². The van der Waals surface area contributed by atoms with E-state index < -0.39 is 0 Å². The molecule has 1 atom stereocenters. The Hall–Kier alpha value is -1.26. The van der Waals surface area contributed by atoms with Gasteiger partial charge in [-0.1, -0.05) is 36.0 Å². The number of nitrogens with zero attached hydrogens (tertiary/aromatic N) is 2. The highest BCUT2D eigenvalue weighted by Gasteiger charge is 2.14. The quantitative estimate of drug-likeness (QED) is 0.915. The van der Waals surface area contributed by atoms with Crippen molar-refractivity contribution in [2.45, 2.75) is 33.2 Å². The molecule has 1 N–H and O–H groups in total. The van der Waals surface area contributed by atoms with E-state index in [2.05, 4.69) is 54.5 Å². The maximum atomic E-state index is 4.33. The van der Waals surface area contributed by atoms with E-state index in [1.54, 1.807) is 11.3 Å². The molecule has 1 aromatic heterocycles. The van der Waals surface area contributed by atoms with Crippen molar-refractivity contribution in [1.82, 2.24) is 15.5 Å². The van der Waals surface area contributed by atoms with E-state index in [0.717, 1.165) is 16.4 Å². The largest absolute Gasteiger partial charge is 0.311 e. The Morgan fingerprint density at radius 3 is 2.72 bits per heavy atom. The summed E-state index contributed by atoms with van der Waals surface area (Å²) < 4.78 is 0. The summed E-state index contributed by atoms with van der Waals surface area (Å²) in [6, 6.07) is 6.76. The molecule has 18 heavy (non-hydrogen) atoms. The van der Waals surface area contributed by atoms with Gasteiger partial charge in [-0.15, -0.1) is 10.2 Å². The number of hydrogen-bond acceptors (Lipinski definition) is 4. The molecule has 0 radical (unpaired) electrons. The van der Waals surface area contributed by atoms with Gasteiger partial charge in [0.15, 0.2) is 0 Å². The second-order valence-electron chi connectivity index (χ2n) is 4.51. The van der Waals surface area contributed by atoms with Crippen LogP contribution in [0.2, 0.25) is 0 Å². The molecule has 0 bridgehead atoms. The van der Waals surface area contributed by atoms with E-state index in [-0.39, 0.29) is 0 Å². The molecule has 0 fully saturated rings. The normalized spacial score (nSPS) is 12.7. The van der Waals surface area contributed by atoms with Gasteiger partial charge >= 0.3 is 0 Å². The summed E-state index contributed by atoms with van der Waals surface area (Å²) >= 11 is 1.68. The molecule has 0 aliphatic rings. The number of aryl methyl sites for hydroxylation is 2. The number of benzene rings is 1. The first kappa shape index (κ1) is 13.2. The average molecular weight is 261 g/mol. The van der Waals surface area contributed by atoms with E-state index in [1.165, 1.54) is 16.7 Å². The van der Waals surface area contributed by atoms with Crippen molar-refractivity contribution >= 4 is 11.3 Å². The second-order valence-corrected chi connectivity index (χ2v) is 5.52. The van der Waals surface area contributed by atoms with Crippen LogP contribution in [0.4, 0.5) is 0 Å². The predicted molar refractivity (Wildman–Crippen MR) is 76.9 cm³/mol. The van der Waals surface area contributed by atoms with Crippen LogP contribution < -0.4 is 5.32 Å². The van der Waals surface area contributed by atoms with E-state index in [0.29, 0.717) is 6.04 Å². The van der Waals surface area contributed by atoms with Gasteiger partial charge < -0.3 is 5.32 Å². The van der Waals surface area contributed by atoms with Gasteiger partial charge in [-0.2, -0.15) is 0 Å². The summed E-state index contributed by atoms with van der Waals surface area (Å²) in [7, 11) is 1.97. The minimum absolute atomic E-state index is 0.307. The van der Waals surface area contributed by atoms with Crippen LogP contribution >= 0.6 is 11.3 Å². The Morgan fingerprint density at radius 2 is 2.06 bits per heavy atom. The molecule has 0 amide bonds. The molecule has 0 saturated carbocycles. The lowest BCUT2D eigenvalue weighted by Crippen LogP contribution is -2.14. The molecule has 0 aliphatic heterocycles. The molecule has 0 spiro atoms. The van der Waals surface area contributed by atoms with Crippen molar-refractivity contribution in [2.75, 3.05) is 7.05 Å². The van der Waals surface area contributed by atoms with E-state index in [4.69, 9.17) is 0 Å². The van der Waals surface area contributed by atoms with Crippen LogP contribution in [0.15, 0.2) is 18.2 Å². The van der Waals surface area contributed by atoms with Crippen molar-refractivity contribution in [2.24, 2.45) is 0 Å². The second kappa shape index (κ2) is 5.59. The topological polar surface area (TPSA) is 37.8 Å². The molecule has 1 aromatic carbocycles. The molecule has 1 heterocycles. The zero-order valence-electron chi connectivity index (χ0n) is 11.3. The highest BCUT2D eigenvalue weighted by Crippen LogP contribution is 2.30. The molecule has 3 nitrogen and oxygen atoms in total. The van der Waals surface area contributed by atoms with Crippen LogP contribution in [0.1, 0.15) is 35.5 Å². The number of nitrogens with one attached hydrogen (secondary N) is 1. The fraction of sp³-hybridized carbons (Fsp3) is 0.429. The molecule has 0 aliphatic carbocycles. The lowest BCUT2D eigenvalue weighted by atomic mass is 10.1. The van der Waals surface area contributed by atoms with Crippen LogP contribution in [0.5, 0.6) is 0 Å². The summed E-state index contributed by atoms with van der Waals surface area (Å²) in [5.74, 6) is 0. The Morgan fingerprint density at radius 1 is 1.28 bits per heavy atom. The minimum atomic E-state index is 0.307. The van der Waals surface area contributed by atoms with Crippen molar-refractivity contribution in [1.29, 1.82) is 0 Å². The summed E-state index contributed by atoms with van der Waals surface area (Å²) in [4.78, 5) is 0. The van der Waals surface area contributed by atoms with Gasteiger partial charge in [-0.05, 0) is 38.9 Å². The Balaban J connectivity index is 2.37. The van der Waals surface area contributed by atoms with Crippen LogP contribution in [0.3, 0.4) is 0 Å². The molecular formula is C14H19N3S. The average Bonchev–Trinajstić information content (AvgIpc) is 2.83. The molecule has 4 heteroatoms. The zero-order chi connectivity index (χ0) is 13.1. The lowest BCUT2D eigenvalue weighted by Gasteiger charge is -2.08. The highest BCUT2D eigenvalue weighted by molar-refractivity contribution is 7.14. The third kappa shape index (κ3) is 2.60. The van der Waals surface area contributed by atoms with Crippen LogP contribution in [0, 0.1) is 13.8 Å². The summed E-state index contributed by atoms with van der Waals surface area (Å²) in [5.41, 5.74) is 3.71. The van der Waals surface area contributed by atoms with Crippen LogP contribution in [-0.4, -0.2) is 17.2 Å². The van der Waals surface area contributed by atoms with E-state index in [9.17, 15) is 0 Å². The summed E-state index contributed by atoms with van der Waals surface area (Å²) in [6.07, 6.45) is 1.03. The maximum absolute atomic E-state index is 4.33. The zero-order valence-corrected chi connectivity index (χ0v) is 12.1. The van der Waals surface area contributed by atoms with Crippen LogP contribution in [0.25, 0.3) is 10.6 Å². The molecule has 0 saturated heterocycles. The van der Waals surface area contributed by atoms with Crippen molar-refractivity contribution < 1.29 is 0 Å². The van der Waals surface area contributed by atoms with E-state index >= 15 is 0 Å². The fourth-order valence-corrected chi connectivity index (χ4v) is 3.07. The monoisotopic (exact) mass is 261 g/mol. The molecular weight excluding hydrogens is 242 g/mol. The van der Waals surface area contributed by atoms with Crippen molar-refractivity contribution in [3.05, 3.63) is 34.3 Å². The fourth-order valence-electron chi connectivity index (χ4n) is 1.95. The first-order valence-corrected chi connectivity index (χ1v) is 7.05. The number of aromatic nitrogens is 2. The first-order valence-electron chi connectivity index (χ1n) is 6.24. The summed E-state index contributed by atoms with van der Waals surface area (Å²) in [6.45, 7) is 6.37. The minimum Gasteiger partial charge on any atom is -0.311 e. The van der Waals surface area contributed by atoms with Gasteiger partial charge in [-0.25, -0.2) is 0 Å². The van der Waals surface area contributed by atoms with Crippen molar-refractivity contribution in [3.8, 4) is 10.6 Å². The summed E-state index contributed by atoms with van der Waals surface area (Å²) in [5, 5.41) is 14.0. The predicted octanol–water partition coefficient (Wildman–Crippen LogP) is 3.49. The number of rotatable bonds is 4. The Kier molecular flexibility index (Phi) is 4.09. The van der Waals surface area contributed by atoms with Crippen LogP contribution in [-0.2, 0) is 0 Å². The number of hydrogen-bond donors (Lipinski definition) is 1. The SMILES string of the molecule is CCC(NC)c1nnc(-c2cc(C)ccc2C)s1.